The van der Waals surface area contributed by atoms with E-state index < -0.39 is 0 Å². The molecule has 1 aliphatic rings. The van der Waals surface area contributed by atoms with E-state index in [2.05, 4.69) is 26.0 Å². The number of nitrogen functional groups attached to an aromatic ring is 2. The third kappa shape index (κ3) is 3.13. The third-order valence-electron chi connectivity index (χ3n) is 2.98. The van der Waals surface area contributed by atoms with Crippen LogP contribution in [0.2, 0.25) is 0 Å². The molecular formula is C12H18BrN5. The number of aromatic nitrogens is 3. The van der Waals surface area contributed by atoms with Gasteiger partial charge in [0.1, 0.15) is 11.6 Å². The average Bonchev–Trinajstić information content (AvgIpc) is 2.75. The molecule has 2 heterocycles. The van der Waals surface area contributed by atoms with Crippen LogP contribution in [0.25, 0.3) is 5.65 Å². The number of rotatable bonds is 0. The smallest absolute Gasteiger partial charge is 0.173 e. The third-order valence-corrected chi connectivity index (χ3v) is 3.54. The maximum atomic E-state index is 5.63. The maximum Gasteiger partial charge on any atom is 0.173 e. The van der Waals surface area contributed by atoms with Gasteiger partial charge in [-0.2, -0.15) is 9.61 Å². The van der Waals surface area contributed by atoms with E-state index in [1.807, 2.05) is 0 Å². The zero-order valence-electron chi connectivity index (χ0n) is 10.3. The molecule has 18 heavy (non-hydrogen) atoms. The van der Waals surface area contributed by atoms with Gasteiger partial charge in [0.25, 0.3) is 0 Å². The van der Waals surface area contributed by atoms with Crippen molar-refractivity contribution in [1.82, 2.24) is 14.6 Å². The molecule has 1 fully saturated rings. The first-order valence-electron chi connectivity index (χ1n) is 6.23. The second-order valence-corrected chi connectivity index (χ2v) is 5.31. The lowest BCUT2D eigenvalue weighted by molar-refractivity contribution is 0.504. The van der Waals surface area contributed by atoms with E-state index in [0.717, 1.165) is 4.47 Å². The number of nitrogens with zero attached hydrogens (tertiary/aromatic N) is 3. The normalized spacial score (nSPS) is 15.2. The van der Waals surface area contributed by atoms with Crippen LogP contribution in [-0.2, 0) is 0 Å². The molecule has 4 N–H and O–H groups in total. The first-order valence-corrected chi connectivity index (χ1v) is 7.03. The van der Waals surface area contributed by atoms with Crippen molar-refractivity contribution in [2.75, 3.05) is 11.5 Å². The minimum absolute atomic E-state index is 0.390. The van der Waals surface area contributed by atoms with Crippen LogP contribution >= 0.6 is 15.9 Å². The molecule has 2 aromatic rings. The van der Waals surface area contributed by atoms with Crippen LogP contribution in [0.15, 0.2) is 16.7 Å². The molecule has 0 radical (unpaired) electrons. The molecule has 0 bridgehead atoms. The number of hydrogen-bond donors (Lipinski definition) is 2. The molecule has 6 heteroatoms. The molecule has 0 atom stereocenters. The SMILES string of the molecule is C1CCCCC1.Nc1cc(N)n2ncc(Br)c2n1. The first-order chi connectivity index (χ1) is 8.68. The van der Waals surface area contributed by atoms with E-state index in [9.17, 15) is 0 Å². The van der Waals surface area contributed by atoms with Crippen molar-refractivity contribution in [3.05, 3.63) is 16.7 Å². The Bertz CT molecular complexity index is 507. The summed E-state index contributed by atoms with van der Waals surface area (Å²) in [4.78, 5) is 4.05. The summed E-state index contributed by atoms with van der Waals surface area (Å²) in [5, 5.41) is 3.99. The van der Waals surface area contributed by atoms with Gasteiger partial charge in [-0.3, -0.25) is 0 Å². The summed E-state index contributed by atoms with van der Waals surface area (Å²) >= 11 is 3.28. The van der Waals surface area contributed by atoms with Crippen LogP contribution in [0.4, 0.5) is 11.6 Å². The Kier molecular flexibility index (Phi) is 4.41. The fourth-order valence-corrected chi connectivity index (χ4v) is 2.39. The van der Waals surface area contributed by atoms with Crippen molar-refractivity contribution in [2.45, 2.75) is 38.5 Å². The van der Waals surface area contributed by atoms with Gasteiger partial charge in [0.2, 0.25) is 0 Å². The number of nitrogens with two attached hydrogens (primary N) is 2. The lowest BCUT2D eigenvalue weighted by Gasteiger charge is -2.05. The van der Waals surface area contributed by atoms with Gasteiger partial charge in [0.15, 0.2) is 5.65 Å². The molecule has 0 unspecified atom stereocenters. The average molecular weight is 312 g/mol. The molecule has 0 amide bonds. The van der Waals surface area contributed by atoms with E-state index in [-0.39, 0.29) is 0 Å². The van der Waals surface area contributed by atoms with Gasteiger partial charge in [-0.05, 0) is 15.9 Å². The fraction of sp³-hybridized carbons (Fsp3) is 0.500. The lowest BCUT2D eigenvalue weighted by Crippen LogP contribution is -2.02. The van der Waals surface area contributed by atoms with Gasteiger partial charge in [-0.15, -0.1) is 0 Å². The molecular weight excluding hydrogens is 294 g/mol. The van der Waals surface area contributed by atoms with Crippen molar-refractivity contribution < 1.29 is 0 Å². The fourth-order valence-electron chi connectivity index (χ4n) is 2.04. The van der Waals surface area contributed by atoms with Gasteiger partial charge in [0, 0.05) is 6.07 Å². The molecule has 0 spiro atoms. The number of halogens is 1. The van der Waals surface area contributed by atoms with Crippen LogP contribution in [0, 0.1) is 0 Å². The van der Waals surface area contributed by atoms with Crippen molar-refractivity contribution in [2.24, 2.45) is 0 Å². The number of hydrogen-bond acceptors (Lipinski definition) is 4. The number of fused-ring (bicyclic) bond motifs is 1. The molecule has 0 aromatic carbocycles. The highest BCUT2D eigenvalue weighted by Gasteiger charge is 2.05. The Balaban J connectivity index is 0.000000169. The summed E-state index contributed by atoms with van der Waals surface area (Å²) in [6, 6.07) is 1.56. The van der Waals surface area contributed by atoms with Crippen molar-refractivity contribution in [3.63, 3.8) is 0 Å². The van der Waals surface area contributed by atoms with Crippen LogP contribution in [0.1, 0.15) is 38.5 Å². The summed E-state index contributed by atoms with van der Waals surface area (Å²) in [7, 11) is 0. The summed E-state index contributed by atoms with van der Waals surface area (Å²) < 4.78 is 2.29. The van der Waals surface area contributed by atoms with Crippen molar-refractivity contribution in [3.8, 4) is 0 Å². The van der Waals surface area contributed by atoms with E-state index in [1.165, 1.54) is 43.0 Å². The van der Waals surface area contributed by atoms with Crippen molar-refractivity contribution in [1.29, 1.82) is 0 Å². The van der Waals surface area contributed by atoms with Gasteiger partial charge < -0.3 is 11.5 Å². The van der Waals surface area contributed by atoms with Gasteiger partial charge >= 0.3 is 0 Å². The van der Waals surface area contributed by atoms with Crippen molar-refractivity contribution >= 4 is 33.2 Å². The Morgan fingerprint density at radius 2 is 1.61 bits per heavy atom. The topological polar surface area (TPSA) is 82.2 Å². The molecule has 1 aliphatic carbocycles. The predicted octanol–water partition coefficient (Wildman–Crippen LogP) is 3.00. The highest BCUT2D eigenvalue weighted by molar-refractivity contribution is 9.10. The zero-order valence-corrected chi connectivity index (χ0v) is 11.9. The molecule has 98 valence electrons. The van der Waals surface area contributed by atoms with Gasteiger partial charge in [-0.1, -0.05) is 38.5 Å². The quantitative estimate of drug-likeness (QED) is 0.783. The van der Waals surface area contributed by atoms with Crippen LogP contribution in [-0.4, -0.2) is 14.6 Å². The summed E-state index contributed by atoms with van der Waals surface area (Å²) in [5.41, 5.74) is 11.8. The highest BCUT2D eigenvalue weighted by Crippen LogP contribution is 2.19. The van der Waals surface area contributed by atoms with Crippen LogP contribution in [0.5, 0.6) is 0 Å². The molecule has 5 nitrogen and oxygen atoms in total. The Hall–Kier alpha value is -1.30. The summed E-state index contributed by atoms with van der Waals surface area (Å²) in [6.07, 6.45) is 10.6. The van der Waals surface area contributed by atoms with Crippen LogP contribution in [0.3, 0.4) is 0 Å². The van der Waals surface area contributed by atoms with E-state index in [0.29, 0.717) is 17.3 Å². The molecule has 3 rings (SSSR count). The molecule has 0 saturated heterocycles. The standard InChI is InChI=1S/C6H6BrN5.C6H12/c7-3-2-10-12-5(9)1-4(8)11-6(3)12;1-2-4-6-5-3-1/h1-2H,9H2,(H2,8,11);1-6H2. The van der Waals surface area contributed by atoms with Crippen LogP contribution < -0.4 is 11.5 Å². The number of anilines is 2. The predicted molar refractivity (Wildman–Crippen MR) is 77.2 cm³/mol. The van der Waals surface area contributed by atoms with E-state index >= 15 is 0 Å². The summed E-state index contributed by atoms with van der Waals surface area (Å²) in [5.74, 6) is 0.865. The van der Waals surface area contributed by atoms with E-state index in [4.69, 9.17) is 11.5 Å². The van der Waals surface area contributed by atoms with E-state index in [1.54, 1.807) is 12.3 Å². The Morgan fingerprint density at radius 3 is 2.17 bits per heavy atom. The zero-order chi connectivity index (χ0) is 13.0. The highest BCUT2D eigenvalue weighted by atomic mass is 79.9. The summed E-state index contributed by atoms with van der Waals surface area (Å²) in [6.45, 7) is 0. The maximum absolute atomic E-state index is 5.63. The Labute approximate surface area is 115 Å². The minimum Gasteiger partial charge on any atom is -0.384 e. The lowest BCUT2D eigenvalue weighted by atomic mass is 10.0. The van der Waals surface area contributed by atoms with Gasteiger partial charge in [0.05, 0.1) is 10.7 Å². The molecule has 0 aliphatic heterocycles. The Morgan fingerprint density at radius 1 is 1.06 bits per heavy atom. The van der Waals surface area contributed by atoms with Gasteiger partial charge in [-0.25, -0.2) is 4.98 Å². The molecule has 1 saturated carbocycles. The molecule has 2 aromatic heterocycles. The second-order valence-electron chi connectivity index (χ2n) is 4.46. The first kappa shape index (κ1) is 13.1. The second kappa shape index (κ2) is 6.04. The monoisotopic (exact) mass is 311 g/mol. The minimum atomic E-state index is 0.390. The largest absolute Gasteiger partial charge is 0.384 e.